The van der Waals surface area contributed by atoms with Gasteiger partial charge >= 0.3 is 0 Å². The number of hydrogen-bond acceptors (Lipinski definition) is 4. The molecule has 0 aliphatic heterocycles. The Labute approximate surface area is 146 Å². The zero-order chi connectivity index (χ0) is 18.0. The molecule has 0 fully saturated rings. The molecule has 24 heavy (non-hydrogen) atoms. The van der Waals surface area contributed by atoms with Crippen molar-refractivity contribution in [2.24, 2.45) is 5.11 Å². The van der Waals surface area contributed by atoms with Gasteiger partial charge in [0.05, 0.1) is 24.9 Å². The summed E-state index contributed by atoms with van der Waals surface area (Å²) in [6.07, 6.45) is 13.3. The summed E-state index contributed by atoms with van der Waals surface area (Å²) in [7, 11) is 0. The molecule has 0 aromatic carbocycles. The van der Waals surface area contributed by atoms with Crippen molar-refractivity contribution in [3.05, 3.63) is 10.4 Å². The van der Waals surface area contributed by atoms with Crippen LogP contribution in [0.25, 0.3) is 10.4 Å². The van der Waals surface area contributed by atoms with Gasteiger partial charge in [0, 0.05) is 4.91 Å². The molecule has 0 aromatic heterocycles. The van der Waals surface area contributed by atoms with Crippen LogP contribution in [0.15, 0.2) is 5.11 Å². The van der Waals surface area contributed by atoms with Gasteiger partial charge in [-0.25, -0.2) is 0 Å². The Morgan fingerprint density at radius 1 is 0.833 bits per heavy atom. The number of unbranched alkanes of at least 4 members (excludes halogenated alkanes) is 11. The molecule has 3 atom stereocenters. The molecule has 0 unspecified atom stereocenters. The molecule has 142 valence electrons. The monoisotopic (exact) mass is 343 g/mol. The van der Waals surface area contributed by atoms with E-state index in [-0.39, 0.29) is 0 Å². The fourth-order valence-electron chi connectivity index (χ4n) is 2.90. The SMILES string of the molecule is CCCCCCCCCCCCCC[C@@H](O)[C@@H](O)[C@@H](CO)N=[N+]=[N-]. The van der Waals surface area contributed by atoms with Crippen LogP contribution in [0.4, 0.5) is 0 Å². The Hall–Kier alpha value is -0.810. The van der Waals surface area contributed by atoms with Crippen molar-refractivity contribution in [3.63, 3.8) is 0 Å². The third-order valence-electron chi connectivity index (χ3n) is 4.53. The van der Waals surface area contributed by atoms with Crippen LogP contribution in [0.1, 0.15) is 90.4 Å². The number of aliphatic hydroxyl groups excluding tert-OH is 3. The standard InChI is InChI=1S/C18H37N3O3/c1-2-3-4-5-6-7-8-9-10-11-12-13-14-17(23)18(24)16(15-22)20-21-19/h16-18,22-24H,2-15H2,1H3/t16-,17-,18+/m1/s1. The molecule has 0 aliphatic rings. The normalized spacial score (nSPS) is 14.8. The Bertz CT molecular complexity index is 323. The van der Waals surface area contributed by atoms with Crippen LogP contribution in [-0.2, 0) is 0 Å². The number of azide groups is 1. The zero-order valence-corrected chi connectivity index (χ0v) is 15.3. The Morgan fingerprint density at radius 3 is 1.71 bits per heavy atom. The van der Waals surface area contributed by atoms with Gasteiger partial charge in [-0.05, 0) is 12.0 Å². The molecule has 6 heteroatoms. The number of nitrogens with zero attached hydrogens (tertiary/aromatic N) is 3. The molecule has 0 bridgehead atoms. The smallest absolute Gasteiger partial charge is 0.0905 e. The highest BCUT2D eigenvalue weighted by Gasteiger charge is 2.24. The average molecular weight is 344 g/mol. The van der Waals surface area contributed by atoms with Crippen molar-refractivity contribution < 1.29 is 15.3 Å². The van der Waals surface area contributed by atoms with E-state index in [9.17, 15) is 10.2 Å². The van der Waals surface area contributed by atoms with Gasteiger partial charge in [-0.15, -0.1) is 0 Å². The first-order valence-corrected chi connectivity index (χ1v) is 9.68. The highest BCUT2D eigenvalue weighted by Crippen LogP contribution is 2.15. The van der Waals surface area contributed by atoms with E-state index in [1.54, 1.807) is 0 Å². The van der Waals surface area contributed by atoms with Crippen LogP contribution in [-0.4, -0.2) is 40.2 Å². The molecular weight excluding hydrogens is 306 g/mol. The van der Waals surface area contributed by atoms with Crippen molar-refractivity contribution in [2.45, 2.75) is 109 Å². The minimum absolute atomic E-state index is 0.458. The van der Waals surface area contributed by atoms with Crippen molar-refractivity contribution in [3.8, 4) is 0 Å². The van der Waals surface area contributed by atoms with Crippen LogP contribution < -0.4 is 0 Å². The lowest BCUT2D eigenvalue weighted by atomic mass is 10.00. The molecular formula is C18H37N3O3. The molecule has 0 radical (unpaired) electrons. The Morgan fingerprint density at radius 2 is 1.29 bits per heavy atom. The highest BCUT2D eigenvalue weighted by atomic mass is 16.3. The van der Waals surface area contributed by atoms with Gasteiger partial charge in [-0.1, -0.05) is 89.1 Å². The molecule has 0 spiro atoms. The van der Waals surface area contributed by atoms with E-state index >= 15 is 0 Å². The van der Waals surface area contributed by atoms with Gasteiger partial charge in [-0.2, -0.15) is 0 Å². The summed E-state index contributed by atoms with van der Waals surface area (Å²) >= 11 is 0. The molecule has 0 heterocycles. The van der Waals surface area contributed by atoms with E-state index in [4.69, 9.17) is 10.6 Å². The lowest BCUT2D eigenvalue weighted by Crippen LogP contribution is -2.38. The first-order chi connectivity index (χ1) is 11.7. The predicted molar refractivity (Wildman–Crippen MR) is 97.7 cm³/mol. The summed E-state index contributed by atoms with van der Waals surface area (Å²) in [6.45, 7) is 1.78. The summed E-state index contributed by atoms with van der Waals surface area (Å²) in [5.74, 6) is 0. The highest BCUT2D eigenvalue weighted by molar-refractivity contribution is 4.81. The van der Waals surface area contributed by atoms with Gasteiger partial charge in [0.1, 0.15) is 0 Å². The average Bonchev–Trinajstić information content (AvgIpc) is 2.59. The van der Waals surface area contributed by atoms with Crippen molar-refractivity contribution in [1.82, 2.24) is 0 Å². The van der Waals surface area contributed by atoms with Crippen molar-refractivity contribution in [1.29, 1.82) is 0 Å². The summed E-state index contributed by atoms with van der Waals surface area (Å²) in [5, 5.41) is 32.0. The fourth-order valence-corrected chi connectivity index (χ4v) is 2.90. The Balaban J connectivity index is 3.47. The third kappa shape index (κ3) is 12.6. The topological polar surface area (TPSA) is 109 Å². The van der Waals surface area contributed by atoms with E-state index < -0.39 is 24.9 Å². The lowest BCUT2D eigenvalue weighted by molar-refractivity contribution is -0.0120. The van der Waals surface area contributed by atoms with Crippen molar-refractivity contribution >= 4 is 0 Å². The van der Waals surface area contributed by atoms with Gasteiger partial charge in [0.15, 0.2) is 0 Å². The molecule has 0 amide bonds. The van der Waals surface area contributed by atoms with Crippen LogP contribution in [0, 0.1) is 0 Å². The summed E-state index contributed by atoms with van der Waals surface area (Å²) in [5.41, 5.74) is 8.34. The molecule has 0 saturated heterocycles. The fraction of sp³-hybridized carbons (Fsp3) is 1.00. The molecule has 0 aliphatic carbocycles. The number of hydrogen-bond donors (Lipinski definition) is 3. The molecule has 6 nitrogen and oxygen atoms in total. The maximum atomic E-state index is 9.86. The van der Waals surface area contributed by atoms with E-state index in [1.807, 2.05) is 0 Å². The first-order valence-electron chi connectivity index (χ1n) is 9.68. The van der Waals surface area contributed by atoms with E-state index in [0.717, 1.165) is 19.3 Å². The van der Waals surface area contributed by atoms with Gasteiger partial charge < -0.3 is 15.3 Å². The van der Waals surface area contributed by atoms with E-state index in [0.29, 0.717) is 6.42 Å². The Kier molecular flexibility index (Phi) is 16.5. The lowest BCUT2D eigenvalue weighted by Gasteiger charge is -2.21. The second-order valence-electron chi connectivity index (χ2n) is 6.69. The van der Waals surface area contributed by atoms with Gasteiger partial charge in [0.25, 0.3) is 0 Å². The second kappa shape index (κ2) is 17.0. The van der Waals surface area contributed by atoms with Gasteiger partial charge in [-0.3, -0.25) is 0 Å². The zero-order valence-electron chi connectivity index (χ0n) is 15.3. The predicted octanol–water partition coefficient (Wildman–Crippen LogP) is 4.47. The first kappa shape index (κ1) is 23.2. The summed E-state index contributed by atoms with van der Waals surface area (Å²) in [6, 6.07) is -0.970. The molecule has 0 aromatic rings. The van der Waals surface area contributed by atoms with Gasteiger partial charge in [0.2, 0.25) is 0 Å². The van der Waals surface area contributed by atoms with Crippen molar-refractivity contribution in [2.75, 3.05) is 6.61 Å². The number of aliphatic hydroxyl groups is 3. The largest absolute Gasteiger partial charge is 0.396 e. The van der Waals surface area contributed by atoms with Crippen LogP contribution in [0.3, 0.4) is 0 Å². The molecule has 0 saturated carbocycles. The van der Waals surface area contributed by atoms with Crippen LogP contribution >= 0.6 is 0 Å². The second-order valence-corrected chi connectivity index (χ2v) is 6.69. The van der Waals surface area contributed by atoms with Crippen LogP contribution in [0.5, 0.6) is 0 Å². The van der Waals surface area contributed by atoms with E-state index in [1.165, 1.54) is 57.8 Å². The number of rotatable bonds is 17. The minimum Gasteiger partial charge on any atom is -0.396 e. The van der Waals surface area contributed by atoms with Crippen LogP contribution in [0.2, 0.25) is 0 Å². The summed E-state index contributed by atoms with van der Waals surface area (Å²) < 4.78 is 0. The van der Waals surface area contributed by atoms with E-state index in [2.05, 4.69) is 16.9 Å². The maximum Gasteiger partial charge on any atom is 0.0905 e. The molecule has 0 rings (SSSR count). The molecule has 3 N–H and O–H groups in total. The maximum absolute atomic E-state index is 9.86. The third-order valence-corrected chi connectivity index (χ3v) is 4.53. The minimum atomic E-state index is -1.20. The summed E-state index contributed by atoms with van der Waals surface area (Å²) in [4.78, 5) is 2.57. The quantitative estimate of drug-likeness (QED) is 0.157.